The summed E-state index contributed by atoms with van der Waals surface area (Å²) in [5.41, 5.74) is 1.36. The molecular formula is C22H37N2O5P-2. The van der Waals surface area contributed by atoms with Crippen LogP contribution in [0.1, 0.15) is 70.4 Å². The van der Waals surface area contributed by atoms with E-state index in [-0.39, 0.29) is 5.91 Å². The van der Waals surface area contributed by atoms with Crippen LogP contribution in [0.4, 0.5) is 0 Å². The summed E-state index contributed by atoms with van der Waals surface area (Å²) in [6.45, 7) is 11.1. The quantitative estimate of drug-likeness (QED) is 0.253. The van der Waals surface area contributed by atoms with E-state index in [0.29, 0.717) is 12.5 Å². The van der Waals surface area contributed by atoms with Crippen molar-refractivity contribution < 1.29 is 28.9 Å². The monoisotopic (exact) mass is 440 g/mol. The minimum atomic E-state index is -5.39. The Morgan fingerprint density at radius 3 is 2.30 bits per heavy atom. The van der Waals surface area contributed by atoms with Gasteiger partial charge in [0.2, 0.25) is 5.91 Å². The Bertz CT molecular complexity index is 613. The molecule has 0 fully saturated rings. The van der Waals surface area contributed by atoms with Crippen LogP contribution in [-0.2, 0) is 9.36 Å². The fourth-order valence-corrected chi connectivity index (χ4v) is 3.18. The van der Waals surface area contributed by atoms with Crippen LogP contribution in [-0.4, -0.2) is 25.5 Å². The van der Waals surface area contributed by atoms with Crippen LogP contribution >= 0.6 is 7.82 Å². The van der Waals surface area contributed by atoms with Gasteiger partial charge < -0.3 is 29.5 Å². The Hall–Kier alpha value is -1.50. The molecular weight excluding hydrogens is 403 g/mol. The van der Waals surface area contributed by atoms with Crippen molar-refractivity contribution in [1.29, 1.82) is 0 Å². The van der Waals surface area contributed by atoms with E-state index in [1.807, 2.05) is 6.08 Å². The maximum atomic E-state index is 11.9. The van der Waals surface area contributed by atoms with E-state index in [1.165, 1.54) is 36.1 Å². The van der Waals surface area contributed by atoms with Gasteiger partial charge in [0.25, 0.3) is 0 Å². The Labute approximate surface area is 181 Å². The molecule has 2 N–H and O–H groups in total. The van der Waals surface area contributed by atoms with Gasteiger partial charge in [0.1, 0.15) is 6.04 Å². The molecule has 0 aliphatic carbocycles. The summed E-state index contributed by atoms with van der Waals surface area (Å²) >= 11 is 0. The van der Waals surface area contributed by atoms with Gasteiger partial charge in [-0.15, -0.1) is 0 Å². The highest BCUT2D eigenvalue weighted by atomic mass is 31.2. The highest BCUT2D eigenvalue weighted by molar-refractivity contribution is 7.40. The summed E-state index contributed by atoms with van der Waals surface area (Å²) < 4.78 is 8.55. The number of hydrogen-bond acceptors (Lipinski definition) is 5. The van der Waals surface area contributed by atoms with E-state index in [2.05, 4.69) is 56.1 Å². The number of unbranched alkanes of at least 4 members (excludes halogenated alkanes) is 4. The molecule has 0 saturated heterocycles. The number of benzene rings is 1. The van der Waals surface area contributed by atoms with Crippen molar-refractivity contribution in [3.8, 4) is 0 Å². The fraction of sp³-hybridized carbons (Fsp3) is 0.591. The van der Waals surface area contributed by atoms with Crippen molar-refractivity contribution in [2.75, 3.05) is 19.6 Å². The van der Waals surface area contributed by atoms with Gasteiger partial charge in [-0.2, -0.15) is 7.82 Å². The smallest absolute Gasteiger partial charge is 0.219 e. The lowest BCUT2D eigenvalue weighted by atomic mass is 10.1. The van der Waals surface area contributed by atoms with E-state index < -0.39 is 7.82 Å². The molecule has 1 rings (SSSR count). The molecule has 2 atom stereocenters. The predicted octanol–water partition coefficient (Wildman–Crippen LogP) is 0.861. The van der Waals surface area contributed by atoms with Crippen molar-refractivity contribution in [2.24, 2.45) is 0 Å². The predicted molar refractivity (Wildman–Crippen MR) is 114 cm³/mol. The number of phosphoric acid groups is 1. The highest BCUT2D eigenvalue weighted by Gasteiger charge is 2.17. The third-order valence-corrected chi connectivity index (χ3v) is 4.82. The Morgan fingerprint density at radius 1 is 1.13 bits per heavy atom. The van der Waals surface area contributed by atoms with Crippen molar-refractivity contribution in [3.05, 3.63) is 48.6 Å². The van der Waals surface area contributed by atoms with E-state index in [4.69, 9.17) is 19.2 Å². The molecule has 1 aromatic carbocycles. The molecule has 0 bridgehead atoms. The second-order valence-electron chi connectivity index (χ2n) is 7.35. The van der Waals surface area contributed by atoms with E-state index >= 15 is 0 Å². The SMILES string of the molecule is C=CC[NH+](CCCNC(=O)CCCCCCC)C(C)c1ccccc1.O=P([O-])([O-])[O-]. The summed E-state index contributed by atoms with van der Waals surface area (Å²) in [6.07, 6.45) is 9.64. The lowest BCUT2D eigenvalue weighted by Crippen LogP contribution is -3.11. The zero-order chi connectivity index (χ0) is 22.8. The molecule has 8 heteroatoms. The van der Waals surface area contributed by atoms with Crippen molar-refractivity contribution in [2.45, 2.75) is 64.8 Å². The van der Waals surface area contributed by atoms with Crippen LogP contribution in [0.5, 0.6) is 0 Å². The molecule has 1 amide bonds. The maximum Gasteiger partial charge on any atom is 0.219 e. The zero-order valence-electron chi connectivity index (χ0n) is 18.3. The van der Waals surface area contributed by atoms with Gasteiger partial charge in [0.05, 0.1) is 13.1 Å². The Morgan fingerprint density at radius 2 is 1.73 bits per heavy atom. The topological polar surface area (TPSA) is 120 Å². The summed E-state index contributed by atoms with van der Waals surface area (Å²) in [5, 5.41) is 3.07. The van der Waals surface area contributed by atoms with Crippen LogP contribution in [0, 0.1) is 0 Å². The summed E-state index contributed by atoms with van der Waals surface area (Å²) in [4.78, 5) is 39.0. The van der Waals surface area contributed by atoms with Gasteiger partial charge in [-0.05, 0) is 19.4 Å². The number of rotatable bonds is 14. The molecule has 0 aliphatic rings. The summed E-state index contributed by atoms with van der Waals surface area (Å²) in [5.74, 6) is 0.206. The van der Waals surface area contributed by atoms with E-state index in [0.717, 1.165) is 32.5 Å². The van der Waals surface area contributed by atoms with Crippen molar-refractivity contribution in [3.63, 3.8) is 0 Å². The minimum absolute atomic E-state index is 0.206. The van der Waals surface area contributed by atoms with Crippen molar-refractivity contribution in [1.82, 2.24) is 5.32 Å². The first-order chi connectivity index (χ1) is 14.2. The van der Waals surface area contributed by atoms with E-state index in [9.17, 15) is 4.79 Å². The molecule has 30 heavy (non-hydrogen) atoms. The van der Waals surface area contributed by atoms with Crippen LogP contribution in [0.15, 0.2) is 43.0 Å². The molecule has 0 spiro atoms. The first-order valence-electron chi connectivity index (χ1n) is 10.7. The molecule has 0 aliphatic heterocycles. The Kier molecular flexibility index (Phi) is 16.3. The molecule has 1 aromatic rings. The fourth-order valence-electron chi connectivity index (χ4n) is 3.18. The number of carbonyl (C=O) groups is 1. The first kappa shape index (κ1) is 28.5. The van der Waals surface area contributed by atoms with Gasteiger partial charge in [0, 0.05) is 24.9 Å². The largest absolute Gasteiger partial charge is 0.822 e. The number of nitrogens with one attached hydrogen (secondary N) is 2. The van der Waals surface area contributed by atoms with Gasteiger partial charge >= 0.3 is 0 Å². The van der Waals surface area contributed by atoms with Crippen molar-refractivity contribution >= 4 is 13.7 Å². The van der Waals surface area contributed by atoms with Gasteiger partial charge in [-0.25, -0.2) is 0 Å². The maximum absolute atomic E-state index is 11.9. The van der Waals surface area contributed by atoms with E-state index in [1.54, 1.807) is 0 Å². The van der Waals surface area contributed by atoms with Crippen LogP contribution < -0.4 is 24.9 Å². The average Bonchev–Trinajstić information content (AvgIpc) is 2.69. The number of carbonyl (C=O) groups excluding carboxylic acids is 1. The minimum Gasteiger partial charge on any atom is -0.822 e. The molecule has 0 radical (unpaired) electrons. The average molecular weight is 441 g/mol. The summed E-state index contributed by atoms with van der Waals surface area (Å²) in [6, 6.07) is 11.1. The molecule has 2 unspecified atom stereocenters. The standard InChI is InChI=1S/C22H36N2O.H3O4P/c1-4-6-7-8-12-16-22(25)23-17-13-19-24(18-5-2)20(3)21-14-10-9-11-15-21;1-5(2,3)4/h5,9-11,14-15,20H,2,4,6-8,12-13,16-19H2,1,3H3,(H,23,25);(H3,1,2,3,4)/p-2. The normalized spacial score (nSPS) is 13.0. The zero-order valence-corrected chi connectivity index (χ0v) is 19.2. The van der Waals surface area contributed by atoms with Crippen LogP contribution in [0.3, 0.4) is 0 Å². The molecule has 0 aromatic heterocycles. The lowest BCUT2D eigenvalue weighted by Gasteiger charge is -2.36. The second kappa shape index (κ2) is 17.2. The first-order valence-corrected chi connectivity index (χ1v) is 12.1. The molecule has 0 heterocycles. The van der Waals surface area contributed by atoms with Gasteiger partial charge in [-0.1, -0.05) is 69.5 Å². The van der Waals surface area contributed by atoms with Gasteiger partial charge in [0.15, 0.2) is 0 Å². The van der Waals surface area contributed by atoms with Crippen LogP contribution in [0.25, 0.3) is 0 Å². The number of quaternary nitrogens is 1. The second-order valence-corrected chi connectivity index (χ2v) is 8.24. The summed E-state index contributed by atoms with van der Waals surface area (Å²) in [7, 11) is -5.39. The molecule has 7 nitrogen and oxygen atoms in total. The third kappa shape index (κ3) is 17.4. The number of hydrogen-bond donors (Lipinski definition) is 2. The molecule has 172 valence electrons. The Balaban J connectivity index is 0.00000150. The van der Waals surface area contributed by atoms with Crippen LogP contribution in [0.2, 0.25) is 0 Å². The highest BCUT2D eigenvalue weighted by Crippen LogP contribution is 2.08. The molecule has 0 saturated carbocycles. The van der Waals surface area contributed by atoms with Gasteiger partial charge in [-0.3, -0.25) is 4.79 Å². The third-order valence-electron chi connectivity index (χ3n) is 4.82. The lowest BCUT2D eigenvalue weighted by molar-refractivity contribution is -0.924. The number of amides is 1.